The topological polar surface area (TPSA) is 54.9 Å². The zero-order valence-electron chi connectivity index (χ0n) is 21.1. The van der Waals surface area contributed by atoms with Gasteiger partial charge in [-0.3, -0.25) is 14.7 Å². The monoisotopic (exact) mass is 477 g/mol. The number of aromatic nitrogens is 1. The van der Waals surface area contributed by atoms with Gasteiger partial charge in [0.1, 0.15) is 23.8 Å². The fourth-order valence-corrected chi connectivity index (χ4v) is 5.81. The van der Waals surface area contributed by atoms with Crippen LogP contribution < -0.4 is 9.47 Å². The molecule has 1 amide bonds. The highest BCUT2D eigenvalue weighted by atomic mass is 16.5. The van der Waals surface area contributed by atoms with E-state index in [0.29, 0.717) is 11.4 Å². The summed E-state index contributed by atoms with van der Waals surface area (Å²) < 4.78 is 11.6. The Morgan fingerprint density at radius 2 is 1.94 bits per heavy atom. The number of fused-ring (bicyclic) bond motifs is 1. The minimum atomic E-state index is 0.0201. The van der Waals surface area contributed by atoms with Gasteiger partial charge in [0.2, 0.25) is 0 Å². The fourth-order valence-electron chi connectivity index (χ4n) is 5.81. The molecule has 188 valence electrons. The van der Waals surface area contributed by atoms with Crippen LogP contribution in [0.4, 0.5) is 0 Å². The van der Waals surface area contributed by atoms with E-state index in [1.165, 1.54) is 44.2 Å². The Bertz CT molecular complexity index is 998. The van der Waals surface area contributed by atoms with Crippen molar-refractivity contribution >= 4 is 5.91 Å². The van der Waals surface area contributed by atoms with Gasteiger partial charge in [0.15, 0.2) is 0 Å². The number of rotatable bonds is 4. The molecule has 1 aliphatic carbocycles. The largest absolute Gasteiger partial charge is 0.497 e. The van der Waals surface area contributed by atoms with Crippen LogP contribution in [0.1, 0.15) is 61.0 Å². The van der Waals surface area contributed by atoms with Crippen molar-refractivity contribution in [3.8, 4) is 11.5 Å². The molecule has 3 heterocycles. The third-order valence-electron chi connectivity index (χ3n) is 8.11. The van der Waals surface area contributed by atoms with Crippen LogP contribution in [0.15, 0.2) is 42.6 Å². The number of amides is 1. The van der Waals surface area contributed by atoms with Crippen LogP contribution in [-0.4, -0.2) is 67.1 Å². The van der Waals surface area contributed by atoms with Gasteiger partial charge in [-0.05, 0) is 74.0 Å². The Kier molecular flexibility index (Phi) is 7.57. The highest BCUT2D eigenvalue weighted by molar-refractivity contribution is 5.92. The van der Waals surface area contributed by atoms with Crippen LogP contribution in [-0.2, 0) is 6.42 Å². The summed E-state index contributed by atoms with van der Waals surface area (Å²) in [7, 11) is 1.62. The summed E-state index contributed by atoms with van der Waals surface area (Å²) in [4.78, 5) is 22.1. The first-order valence-corrected chi connectivity index (χ1v) is 13.4. The number of piperidine rings is 1. The Morgan fingerprint density at radius 3 is 2.74 bits per heavy atom. The third kappa shape index (κ3) is 6.16. The standard InChI is InChI=1S/C29H39N3O3/c1-34-25-11-15-30-26(20-25)28(33)32-16-13-29(14-17-32)12-5-4-7-24-6-2-3-8-27(24)35-19-18-31(22-29)21-23-9-10-23/h2-3,6,8,11,15,20,23H,4-5,7,9-10,12-14,16-19,21-22H2,1H3. The Morgan fingerprint density at radius 1 is 1.11 bits per heavy atom. The number of likely N-dealkylation sites (tertiary alicyclic amines) is 1. The highest BCUT2D eigenvalue weighted by Gasteiger charge is 2.38. The lowest BCUT2D eigenvalue weighted by molar-refractivity contribution is 0.0364. The Hall–Kier alpha value is -2.60. The normalized spacial score (nSPS) is 21.3. The van der Waals surface area contributed by atoms with E-state index in [0.717, 1.165) is 63.7 Å². The maximum absolute atomic E-state index is 13.2. The lowest BCUT2D eigenvalue weighted by Gasteiger charge is -2.45. The molecule has 35 heavy (non-hydrogen) atoms. The predicted molar refractivity (Wildman–Crippen MR) is 137 cm³/mol. The number of hydrogen-bond acceptors (Lipinski definition) is 5. The van der Waals surface area contributed by atoms with Gasteiger partial charge in [-0.2, -0.15) is 0 Å². The number of pyridine rings is 1. The number of aryl methyl sites for hydroxylation is 1. The van der Waals surface area contributed by atoms with Gasteiger partial charge in [0.05, 0.1) is 7.11 Å². The van der Waals surface area contributed by atoms with Gasteiger partial charge in [0, 0.05) is 45.0 Å². The highest BCUT2D eigenvalue weighted by Crippen LogP contribution is 2.40. The van der Waals surface area contributed by atoms with E-state index in [1.807, 2.05) is 4.90 Å². The average Bonchev–Trinajstić information content (AvgIpc) is 3.71. The van der Waals surface area contributed by atoms with Gasteiger partial charge in [-0.15, -0.1) is 0 Å². The molecule has 1 aromatic carbocycles. The quantitative estimate of drug-likeness (QED) is 0.631. The van der Waals surface area contributed by atoms with E-state index >= 15 is 0 Å². The minimum Gasteiger partial charge on any atom is -0.497 e. The van der Waals surface area contributed by atoms with Gasteiger partial charge < -0.3 is 14.4 Å². The molecule has 0 unspecified atom stereocenters. The van der Waals surface area contributed by atoms with Crippen molar-refractivity contribution < 1.29 is 14.3 Å². The van der Waals surface area contributed by atoms with Crippen molar-refractivity contribution in [3.63, 3.8) is 0 Å². The predicted octanol–water partition coefficient (Wildman–Crippen LogP) is 4.83. The van der Waals surface area contributed by atoms with Crippen LogP contribution in [0.25, 0.3) is 0 Å². The Balaban J connectivity index is 1.27. The number of benzene rings is 1. The van der Waals surface area contributed by atoms with Crippen molar-refractivity contribution in [3.05, 3.63) is 53.9 Å². The summed E-state index contributed by atoms with van der Waals surface area (Å²) >= 11 is 0. The molecule has 5 rings (SSSR count). The summed E-state index contributed by atoms with van der Waals surface area (Å²) in [5.41, 5.74) is 2.08. The SMILES string of the molecule is COc1ccnc(C(=O)N2CCC3(CCCCc4ccccc4OCCN(CC4CC4)C3)CC2)c1. The molecule has 1 aromatic heterocycles. The minimum absolute atomic E-state index is 0.0201. The van der Waals surface area contributed by atoms with Crippen LogP contribution in [0, 0.1) is 11.3 Å². The van der Waals surface area contributed by atoms with E-state index in [2.05, 4.69) is 34.1 Å². The van der Waals surface area contributed by atoms with E-state index in [9.17, 15) is 4.79 Å². The fraction of sp³-hybridized carbons (Fsp3) is 0.586. The summed E-state index contributed by atoms with van der Waals surface area (Å²) in [6.45, 7) is 5.62. The number of carbonyl (C=O) groups is 1. The van der Waals surface area contributed by atoms with Crippen LogP contribution in [0.2, 0.25) is 0 Å². The molecule has 2 fully saturated rings. The van der Waals surface area contributed by atoms with Crippen molar-refractivity contribution in [2.75, 3.05) is 46.4 Å². The number of hydrogen-bond donors (Lipinski definition) is 0. The van der Waals surface area contributed by atoms with E-state index in [1.54, 1.807) is 25.4 Å². The molecule has 0 radical (unpaired) electrons. The smallest absolute Gasteiger partial charge is 0.272 e. The average molecular weight is 478 g/mol. The first-order chi connectivity index (χ1) is 17.1. The summed E-state index contributed by atoms with van der Waals surface area (Å²) in [6.07, 6.45) is 11.2. The Labute approximate surface area is 209 Å². The zero-order valence-corrected chi connectivity index (χ0v) is 21.1. The first-order valence-electron chi connectivity index (χ1n) is 13.4. The van der Waals surface area contributed by atoms with Crippen molar-refractivity contribution in [2.24, 2.45) is 11.3 Å². The number of ether oxygens (including phenoxy) is 2. The van der Waals surface area contributed by atoms with Gasteiger partial charge in [0.25, 0.3) is 5.91 Å². The molecular weight excluding hydrogens is 438 g/mol. The molecule has 0 bridgehead atoms. The zero-order chi connectivity index (χ0) is 24.1. The second-order valence-corrected chi connectivity index (χ2v) is 10.7. The lowest BCUT2D eigenvalue weighted by atomic mass is 9.73. The molecule has 1 spiro atoms. The molecule has 6 nitrogen and oxygen atoms in total. The van der Waals surface area contributed by atoms with Gasteiger partial charge in [-0.1, -0.05) is 24.6 Å². The molecule has 1 saturated heterocycles. The van der Waals surface area contributed by atoms with Crippen LogP contribution in [0.5, 0.6) is 11.5 Å². The summed E-state index contributed by atoms with van der Waals surface area (Å²) in [5.74, 6) is 2.61. The maximum atomic E-state index is 13.2. The number of methoxy groups -OCH3 is 1. The molecule has 3 aliphatic rings. The van der Waals surface area contributed by atoms with Crippen molar-refractivity contribution in [1.29, 1.82) is 0 Å². The molecule has 1 saturated carbocycles. The molecular formula is C29H39N3O3. The second-order valence-electron chi connectivity index (χ2n) is 10.7. The molecule has 0 N–H and O–H groups in total. The first kappa shape index (κ1) is 24.1. The molecule has 2 aliphatic heterocycles. The van der Waals surface area contributed by atoms with E-state index in [-0.39, 0.29) is 11.3 Å². The van der Waals surface area contributed by atoms with Crippen LogP contribution >= 0.6 is 0 Å². The number of carbonyl (C=O) groups excluding carboxylic acids is 1. The summed E-state index contributed by atoms with van der Waals surface area (Å²) in [6, 6.07) is 12.1. The maximum Gasteiger partial charge on any atom is 0.272 e. The van der Waals surface area contributed by atoms with Crippen molar-refractivity contribution in [2.45, 2.75) is 51.4 Å². The molecule has 6 heteroatoms. The van der Waals surface area contributed by atoms with Crippen LogP contribution in [0.3, 0.4) is 0 Å². The van der Waals surface area contributed by atoms with Crippen molar-refractivity contribution in [1.82, 2.24) is 14.8 Å². The lowest BCUT2D eigenvalue weighted by Crippen LogP contribution is -2.49. The van der Waals surface area contributed by atoms with Gasteiger partial charge in [-0.25, -0.2) is 0 Å². The molecule has 2 aromatic rings. The number of nitrogens with zero attached hydrogens (tertiary/aromatic N) is 3. The van der Waals surface area contributed by atoms with Gasteiger partial charge >= 0.3 is 0 Å². The van der Waals surface area contributed by atoms with E-state index < -0.39 is 0 Å². The summed E-state index contributed by atoms with van der Waals surface area (Å²) in [5, 5.41) is 0. The van der Waals surface area contributed by atoms with E-state index in [4.69, 9.17) is 9.47 Å². The second kappa shape index (κ2) is 11.0. The molecule has 0 atom stereocenters. The number of para-hydroxylation sites is 1. The third-order valence-corrected chi connectivity index (χ3v) is 8.11.